The van der Waals surface area contributed by atoms with Crippen LogP contribution in [-0.2, 0) is 32.7 Å². The van der Waals surface area contributed by atoms with Crippen LogP contribution in [0.3, 0.4) is 0 Å². The fourth-order valence-electron chi connectivity index (χ4n) is 5.33. The second kappa shape index (κ2) is 13.9. The first kappa shape index (κ1) is 31.1. The Morgan fingerprint density at radius 1 is 0.875 bits per heavy atom. The van der Waals surface area contributed by atoms with Crippen LogP contribution < -0.4 is 10.4 Å². The van der Waals surface area contributed by atoms with Gasteiger partial charge in [-0.2, -0.15) is 35.5 Å². The first-order valence-electron chi connectivity index (χ1n) is 13.8. The average Bonchev–Trinajstić information content (AvgIpc) is 3.55. The summed E-state index contributed by atoms with van der Waals surface area (Å²) in [5.74, 6) is 0.526. The molecule has 1 heterocycles. The second-order valence-electron chi connectivity index (χ2n) is 11.4. The number of halogens is 2. The number of fused-ring (bicyclic) bond motifs is 4. The van der Waals surface area contributed by atoms with Crippen LogP contribution in [-0.4, -0.2) is 9.52 Å². The third-order valence-corrected chi connectivity index (χ3v) is 8.78. The third kappa shape index (κ3) is 6.96. The summed E-state index contributed by atoms with van der Waals surface area (Å²) in [4.78, 5) is 0. The molecule has 2 radical (unpaired) electrons. The van der Waals surface area contributed by atoms with Crippen LogP contribution in [0.15, 0.2) is 91.0 Å². The van der Waals surface area contributed by atoms with E-state index in [-0.39, 0.29) is 5.41 Å². The van der Waals surface area contributed by atoms with Gasteiger partial charge in [0.05, 0.1) is 9.52 Å². The number of aryl methyl sites for hydroxylation is 1. The summed E-state index contributed by atoms with van der Waals surface area (Å²) in [6, 6.07) is 36.5. The van der Waals surface area contributed by atoms with Gasteiger partial charge in [0.1, 0.15) is 0 Å². The van der Waals surface area contributed by atoms with Crippen molar-refractivity contribution in [3.8, 4) is 22.3 Å². The van der Waals surface area contributed by atoms with Crippen LogP contribution in [0.5, 0.6) is 0 Å². The molecule has 0 fully saturated rings. The van der Waals surface area contributed by atoms with Crippen molar-refractivity contribution in [1.29, 1.82) is 0 Å². The van der Waals surface area contributed by atoms with Crippen LogP contribution in [0.25, 0.3) is 33.0 Å². The Morgan fingerprint density at radius 2 is 1.52 bits per heavy atom. The van der Waals surface area contributed by atoms with Gasteiger partial charge in [-0.1, -0.05) is 112 Å². The van der Waals surface area contributed by atoms with Crippen molar-refractivity contribution in [3.05, 3.63) is 114 Å². The van der Waals surface area contributed by atoms with E-state index in [1.165, 1.54) is 60.1 Å². The maximum absolute atomic E-state index is 4.93. The topological polar surface area (TPSA) is 0 Å². The van der Waals surface area contributed by atoms with E-state index < -0.39 is 20.8 Å². The number of hydrogen-bond acceptors (Lipinski definition) is 0. The molecule has 5 aromatic carbocycles. The van der Waals surface area contributed by atoms with Gasteiger partial charge >= 0.3 is 37.9 Å². The fourth-order valence-corrected chi connectivity index (χ4v) is 6.64. The van der Waals surface area contributed by atoms with Crippen molar-refractivity contribution in [2.24, 2.45) is 0 Å². The summed E-state index contributed by atoms with van der Waals surface area (Å²) < 4.78 is 0. The van der Waals surface area contributed by atoms with E-state index in [9.17, 15) is 0 Å². The van der Waals surface area contributed by atoms with Crippen LogP contribution in [0.1, 0.15) is 64.2 Å². The Balaban J connectivity index is 0.000000192. The normalized spacial score (nSPS) is 11.6. The molecule has 0 aromatic heterocycles. The molecule has 40 heavy (non-hydrogen) atoms. The SMILES string of the molecule is CCc1ccc2[cH-]c(C(C)(C)C)cc2c1-c1ccccc1C(C)C.[Cl][Zr+2][Cl].[c-]1cccc2c1[Si]c1ccccc1-2. The Kier molecular flexibility index (Phi) is 10.8. The van der Waals surface area contributed by atoms with Gasteiger partial charge in [-0.05, 0) is 28.9 Å². The standard InChI is InChI=1S/C24H29.C12H7Si.2ClH.Zr/c1-7-17-12-13-18-14-19(24(4,5)6)15-22(18)23(17)21-11-9-8-10-20(21)16(2)3;1-3-7-11-9(5-1)10-6-2-4-8-12(10)13-11;;;/h8-16H,7H2,1-6H3;1-7H;2*1H;/q2*-1;;;+4/p-2. The Labute approximate surface area is 262 Å². The molecule has 1 aliphatic heterocycles. The Hall–Kier alpha value is -1.83. The summed E-state index contributed by atoms with van der Waals surface area (Å²) in [5.41, 5.74) is 10.1. The van der Waals surface area contributed by atoms with Gasteiger partial charge < -0.3 is 0 Å². The molecule has 4 heteroatoms. The molecule has 0 saturated heterocycles. The van der Waals surface area contributed by atoms with Crippen molar-refractivity contribution in [1.82, 2.24) is 0 Å². The molecule has 0 N–H and O–H groups in total. The van der Waals surface area contributed by atoms with Crippen molar-refractivity contribution in [2.75, 3.05) is 0 Å². The molecule has 0 unspecified atom stereocenters. The fraction of sp³-hybridized carbons (Fsp3) is 0.250. The third-order valence-electron chi connectivity index (χ3n) is 7.41. The molecule has 0 nitrogen and oxygen atoms in total. The van der Waals surface area contributed by atoms with Gasteiger partial charge in [0.25, 0.3) is 0 Å². The van der Waals surface area contributed by atoms with Gasteiger partial charge in [-0.3, -0.25) is 0 Å². The van der Waals surface area contributed by atoms with E-state index in [1.807, 2.05) is 6.07 Å². The second-order valence-corrected chi connectivity index (χ2v) is 16.4. The number of benzene rings is 4. The van der Waals surface area contributed by atoms with Gasteiger partial charge in [0.15, 0.2) is 0 Å². The summed E-state index contributed by atoms with van der Waals surface area (Å²) in [6.45, 7) is 13.7. The Bertz CT molecular complexity index is 1530. The van der Waals surface area contributed by atoms with Crippen LogP contribution in [0.4, 0.5) is 0 Å². The van der Waals surface area contributed by atoms with E-state index in [4.69, 9.17) is 17.0 Å². The summed E-state index contributed by atoms with van der Waals surface area (Å²) in [7, 11) is 10.7. The minimum atomic E-state index is -0.826. The molecule has 0 saturated carbocycles. The van der Waals surface area contributed by atoms with Crippen LogP contribution in [0.2, 0.25) is 0 Å². The molecule has 6 rings (SSSR count). The summed E-state index contributed by atoms with van der Waals surface area (Å²) in [6.07, 6.45) is 1.06. The maximum Gasteiger partial charge on any atom is 0.0920 e. The van der Waals surface area contributed by atoms with Crippen LogP contribution >= 0.6 is 17.0 Å². The molecule has 202 valence electrons. The number of rotatable bonds is 3. The molecule has 1 aliphatic rings. The van der Waals surface area contributed by atoms with Crippen molar-refractivity contribution in [3.63, 3.8) is 0 Å². The van der Waals surface area contributed by atoms with Gasteiger partial charge in [0.2, 0.25) is 0 Å². The minimum Gasteiger partial charge on any atom is -0.184 e. The van der Waals surface area contributed by atoms with Crippen molar-refractivity contribution < 1.29 is 20.8 Å². The van der Waals surface area contributed by atoms with Crippen molar-refractivity contribution >= 4 is 47.7 Å². The van der Waals surface area contributed by atoms with Gasteiger partial charge in [-0.25, -0.2) is 0 Å². The predicted molar refractivity (Wildman–Crippen MR) is 175 cm³/mol. The zero-order valence-electron chi connectivity index (χ0n) is 24.2. The molecule has 0 aliphatic carbocycles. The first-order valence-corrected chi connectivity index (χ1v) is 21.2. The smallest absolute Gasteiger partial charge is 0.0920 e. The Morgan fingerprint density at radius 3 is 2.20 bits per heavy atom. The summed E-state index contributed by atoms with van der Waals surface area (Å²) in [5, 5.41) is 5.60. The summed E-state index contributed by atoms with van der Waals surface area (Å²) >= 11 is -0.826. The van der Waals surface area contributed by atoms with Gasteiger partial charge in [-0.15, -0.1) is 40.1 Å². The zero-order chi connectivity index (χ0) is 28.9. The molecule has 5 aromatic rings. The molecule has 0 amide bonds. The van der Waals surface area contributed by atoms with E-state index in [1.54, 1.807) is 0 Å². The maximum atomic E-state index is 4.93. The quantitative estimate of drug-likeness (QED) is 0.131. The van der Waals surface area contributed by atoms with E-state index in [2.05, 4.69) is 133 Å². The number of hydrogen-bond donors (Lipinski definition) is 0. The molecule has 0 atom stereocenters. The monoisotopic (exact) mass is 656 g/mol. The van der Waals surface area contributed by atoms with E-state index in [0.717, 1.165) is 15.9 Å². The van der Waals surface area contributed by atoms with Crippen LogP contribution in [0, 0.1) is 6.07 Å². The molecule has 0 bridgehead atoms. The van der Waals surface area contributed by atoms with E-state index >= 15 is 0 Å². The van der Waals surface area contributed by atoms with Gasteiger partial charge in [0, 0.05) is 0 Å². The largest absolute Gasteiger partial charge is 0.184 e. The molecule has 0 spiro atoms. The zero-order valence-corrected chi connectivity index (χ0v) is 29.2. The average molecular weight is 659 g/mol. The molecular weight excluding hydrogens is 623 g/mol. The predicted octanol–water partition coefficient (Wildman–Crippen LogP) is 9.71. The minimum absolute atomic E-state index is 0.181. The molecular formula is C36H36Cl2SiZr. The van der Waals surface area contributed by atoms with Crippen molar-refractivity contribution in [2.45, 2.75) is 59.3 Å². The first-order chi connectivity index (χ1) is 19.2. The van der Waals surface area contributed by atoms with E-state index in [0.29, 0.717) is 5.92 Å².